The molecule has 0 saturated carbocycles. The summed E-state index contributed by atoms with van der Waals surface area (Å²) in [6, 6.07) is 6.19. The normalized spacial score (nSPS) is 10.3. The lowest BCUT2D eigenvalue weighted by Gasteiger charge is -2.06. The average Bonchev–Trinajstić information content (AvgIpc) is 2.68. The lowest BCUT2D eigenvalue weighted by atomic mass is 10.2. The minimum Gasteiger partial charge on any atom is -0.486 e. The van der Waals surface area contributed by atoms with Crippen LogP contribution in [0.25, 0.3) is 0 Å². The van der Waals surface area contributed by atoms with Crippen LogP contribution in [0.3, 0.4) is 0 Å². The molecule has 0 radical (unpaired) electrons. The number of rotatable bonds is 4. The minimum absolute atomic E-state index is 0.224. The molecule has 2 aromatic rings. The summed E-state index contributed by atoms with van der Waals surface area (Å²) in [5.74, 6) is 0.318. The smallest absolute Gasteiger partial charge is 0.335 e. The molecule has 0 unspecified atom stereocenters. The first-order chi connectivity index (χ1) is 8.58. The maximum Gasteiger partial charge on any atom is 0.335 e. The third kappa shape index (κ3) is 2.62. The van der Waals surface area contributed by atoms with Crippen molar-refractivity contribution < 1.29 is 14.6 Å². The van der Waals surface area contributed by atoms with Crippen LogP contribution >= 0.6 is 11.6 Å². The molecule has 0 spiro atoms. The Balaban J connectivity index is 2.02. The minimum atomic E-state index is -0.961. The van der Waals surface area contributed by atoms with Gasteiger partial charge < -0.3 is 14.4 Å². The molecule has 6 heteroatoms. The highest BCUT2D eigenvalue weighted by atomic mass is 35.5. The van der Waals surface area contributed by atoms with Gasteiger partial charge in [-0.15, -0.1) is 0 Å². The number of hydrogen-bond acceptors (Lipinski definition) is 3. The molecule has 0 saturated heterocycles. The fourth-order valence-electron chi connectivity index (χ4n) is 1.40. The van der Waals surface area contributed by atoms with Gasteiger partial charge in [0.05, 0.1) is 11.8 Å². The summed E-state index contributed by atoms with van der Waals surface area (Å²) < 4.78 is 7.20. The quantitative estimate of drug-likeness (QED) is 0.923. The number of carboxylic acids is 1. The van der Waals surface area contributed by atoms with Gasteiger partial charge in [0.15, 0.2) is 0 Å². The summed E-state index contributed by atoms with van der Waals surface area (Å²) >= 11 is 5.85. The highest BCUT2D eigenvalue weighted by Gasteiger charge is 2.06. The van der Waals surface area contributed by atoms with E-state index in [4.69, 9.17) is 21.4 Å². The molecule has 0 aliphatic carbocycles. The molecule has 94 valence electrons. The highest BCUT2D eigenvalue weighted by Crippen LogP contribution is 2.15. The van der Waals surface area contributed by atoms with Crippen LogP contribution in [0.1, 0.15) is 16.2 Å². The third-order valence-electron chi connectivity index (χ3n) is 2.50. The number of carbonyl (C=O) groups is 1. The van der Waals surface area contributed by atoms with Crippen molar-refractivity contribution in [2.24, 2.45) is 7.05 Å². The first-order valence-corrected chi connectivity index (χ1v) is 5.58. The Bertz CT molecular complexity index is 563. The Morgan fingerprint density at radius 1 is 1.44 bits per heavy atom. The van der Waals surface area contributed by atoms with Crippen LogP contribution in [0.4, 0.5) is 0 Å². The Morgan fingerprint density at radius 3 is 2.61 bits per heavy atom. The predicted octanol–water partition coefficient (Wildman–Crippen LogP) is 2.35. The van der Waals surface area contributed by atoms with Crippen LogP contribution in [0.5, 0.6) is 5.75 Å². The zero-order valence-electron chi connectivity index (χ0n) is 9.63. The van der Waals surface area contributed by atoms with Gasteiger partial charge >= 0.3 is 5.97 Å². The van der Waals surface area contributed by atoms with Gasteiger partial charge in [-0.2, -0.15) is 0 Å². The number of hydrogen-bond donors (Lipinski definition) is 1. The van der Waals surface area contributed by atoms with Crippen molar-refractivity contribution in [2.75, 3.05) is 0 Å². The molecule has 5 nitrogen and oxygen atoms in total. The number of aromatic nitrogens is 2. The van der Waals surface area contributed by atoms with Gasteiger partial charge in [-0.25, -0.2) is 9.78 Å². The van der Waals surface area contributed by atoms with Crippen molar-refractivity contribution in [3.8, 4) is 5.75 Å². The monoisotopic (exact) mass is 266 g/mol. The number of benzene rings is 1. The molecule has 0 aliphatic rings. The van der Waals surface area contributed by atoms with Crippen molar-refractivity contribution in [2.45, 2.75) is 6.61 Å². The molecule has 18 heavy (non-hydrogen) atoms. The van der Waals surface area contributed by atoms with Gasteiger partial charge in [-0.05, 0) is 24.3 Å². The summed E-state index contributed by atoms with van der Waals surface area (Å²) in [6.45, 7) is 0.273. The van der Waals surface area contributed by atoms with Gasteiger partial charge in [0.25, 0.3) is 0 Å². The first kappa shape index (κ1) is 12.4. The van der Waals surface area contributed by atoms with Crippen molar-refractivity contribution >= 4 is 17.6 Å². The van der Waals surface area contributed by atoms with Crippen molar-refractivity contribution in [3.63, 3.8) is 0 Å². The van der Waals surface area contributed by atoms with Crippen LogP contribution in [0.2, 0.25) is 5.15 Å². The zero-order valence-corrected chi connectivity index (χ0v) is 10.4. The van der Waals surface area contributed by atoms with Gasteiger partial charge in [-0.3, -0.25) is 0 Å². The van der Waals surface area contributed by atoms with Crippen LogP contribution in [-0.2, 0) is 13.7 Å². The van der Waals surface area contributed by atoms with Gasteiger partial charge in [-0.1, -0.05) is 11.6 Å². The first-order valence-electron chi connectivity index (χ1n) is 5.20. The zero-order chi connectivity index (χ0) is 13.1. The van der Waals surface area contributed by atoms with E-state index in [-0.39, 0.29) is 12.2 Å². The van der Waals surface area contributed by atoms with E-state index < -0.39 is 5.97 Å². The molecule has 1 heterocycles. The molecule has 2 rings (SSSR count). The molecule has 0 bridgehead atoms. The standard InChI is InChI=1S/C12H11ClN2O3/c1-15-10(13)6-14-11(15)7-18-9-4-2-8(3-5-9)12(16)17/h2-6H,7H2,1H3,(H,16,17). The summed E-state index contributed by atoms with van der Waals surface area (Å²) in [5.41, 5.74) is 0.224. The number of imidazole rings is 1. The largest absolute Gasteiger partial charge is 0.486 e. The fourth-order valence-corrected chi connectivity index (χ4v) is 1.55. The van der Waals surface area contributed by atoms with E-state index in [2.05, 4.69) is 4.98 Å². The maximum atomic E-state index is 10.7. The maximum absolute atomic E-state index is 10.7. The van der Waals surface area contributed by atoms with Crippen LogP contribution < -0.4 is 4.74 Å². The Kier molecular flexibility index (Phi) is 3.53. The van der Waals surface area contributed by atoms with E-state index in [0.717, 1.165) is 0 Å². The van der Waals surface area contributed by atoms with Crippen LogP contribution in [0, 0.1) is 0 Å². The van der Waals surface area contributed by atoms with Gasteiger partial charge in [0, 0.05) is 7.05 Å². The molecule has 1 N–H and O–H groups in total. The van der Waals surface area contributed by atoms with Crippen LogP contribution in [-0.4, -0.2) is 20.6 Å². The predicted molar refractivity (Wildman–Crippen MR) is 66.0 cm³/mol. The molecule has 1 aromatic carbocycles. The van der Waals surface area contributed by atoms with Crippen molar-refractivity contribution in [1.29, 1.82) is 0 Å². The molecule has 0 fully saturated rings. The van der Waals surface area contributed by atoms with E-state index in [1.165, 1.54) is 12.1 Å². The fraction of sp³-hybridized carbons (Fsp3) is 0.167. The summed E-state index contributed by atoms with van der Waals surface area (Å²) in [6.07, 6.45) is 1.55. The summed E-state index contributed by atoms with van der Waals surface area (Å²) in [5, 5.41) is 9.29. The number of nitrogens with zero attached hydrogens (tertiary/aromatic N) is 2. The molecule has 0 amide bonds. The average molecular weight is 267 g/mol. The number of ether oxygens (including phenoxy) is 1. The SMILES string of the molecule is Cn1c(Cl)cnc1COc1ccc(C(=O)O)cc1. The second kappa shape index (κ2) is 5.10. The van der Waals surface area contributed by atoms with E-state index in [0.29, 0.717) is 16.7 Å². The Morgan fingerprint density at radius 2 is 2.11 bits per heavy atom. The lowest BCUT2D eigenvalue weighted by Crippen LogP contribution is -2.04. The third-order valence-corrected chi connectivity index (χ3v) is 2.85. The van der Waals surface area contributed by atoms with Gasteiger partial charge in [0.1, 0.15) is 23.3 Å². The number of halogens is 1. The highest BCUT2D eigenvalue weighted by molar-refractivity contribution is 6.29. The number of carboxylic acid groups (broad SMARTS) is 1. The van der Waals surface area contributed by atoms with Crippen molar-refractivity contribution in [3.05, 3.63) is 47.0 Å². The Labute approximate surface area is 109 Å². The topological polar surface area (TPSA) is 64.4 Å². The van der Waals surface area contributed by atoms with E-state index in [1.807, 2.05) is 0 Å². The van der Waals surface area contributed by atoms with E-state index in [9.17, 15) is 4.79 Å². The summed E-state index contributed by atoms with van der Waals surface area (Å²) in [4.78, 5) is 14.8. The molecule has 1 aromatic heterocycles. The molecule has 0 aliphatic heterocycles. The van der Waals surface area contributed by atoms with E-state index >= 15 is 0 Å². The lowest BCUT2D eigenvalue weighted by molar-refractivity contribution is 0.0697. The Hall–Kier alpha value is -2.01. The number of aromatic carboxylic acids is 1. The molecular formula is C12H11ClN2O3. The summed E-state index contributed by atoms with van der Waals surface area (Å²) in [7, 11) is 1.79. The molecule has 0 atom stereocenters. The molecular weight excluding hydrogens is 256 g/mol. The van der Waals surface area contributed by atoms with Crippen molar-refractivity contribution in [1.82, 2.24) is 9.55 Å². The van der Waals surface area contributed by atoms with Crippen LogP contribution in [0.15, 0.2) is 30.5 Å². The van der Waals surface area contributed by atoms with E-state index in [1.54, 1.807) is 29.9 Å². The second-order valence-electron chi connectivity index (χ2n) is 3.67. The van der Waals surface area contributed by atoms with Gasteiger partial charge in [0.2, 0.25) is 0 Å². The second-order valence-corrected chi connectivity index (χ2v) is 4.06.